The molecule has 0 saturated carbocycles. The predicted molar refractivity (Wildman–Crippen MR) is 81.7 cm³/mol. The van der Waals surface area contributed by atoms with Gasteiger partial charge in [0.15, 0.2) is 0 Å². The molecule has 6 heteroatoms. The molecule has 0 aromatic heterocycles. The summed E-state index contributed by atoms with van der Waals surface area (Å²) in [4.78, 5) is 11.5. The number of carbonyl (C=O) groups is 1. The van der Waals surface area contributed by atoms with E-state index in [2.05, 4.69) is 4.72 Å². The summed E-state index contributed by atoms with van der Waals surface area (Å²) in [6.07, 6.45) is 1.45. The van der Waals surface area contributed by atoms with E-state index in [-0.39, 0.29) is 10.8 Å². The molecule has 5 nitrogen and oxygen atoms in total. The number of hydrogen-bond acceptors (Lipinski definition) is 3. The molecule has 2 N–H and O–H groups in total. The van der Waals surface area contributed by atoms with Gasteiger partial charge < -0.3 is 5.11 Å². The highest BCUT2D eigenvalue weighted by Gasteiger charge is 2.30. The van der Waals surface area contributed by atoms with Crippen molar-refractivity contribution in [2.75, 3.05) is 0 Å². The molecule has 21 heavy (non-hydrogen) atoms. The smallest absolute Gasteiger partial charge is 0.322 e. The fourth-order valence-electron chi connectivity index (χ4n) is 2.26. The van der Waals surface area contributed by atoms with Crippen LogP contribution in [0.1, 0.15) is 37.8 Å². The zero-order chi connectivity index (χ0) is 16.2. The lowest BCUT2D eigenvalue weighted by Gasteiger charge is -2.21. The van der Waals surface area contributed by atoms with Crippen molar-refractivity contribution in [3.8, 4) is 0 Å². The summed E-state index contributed by atoms with van der Waals surface area (Å²) in [5, 5.41) is 9.28. The van der Waals surface area contributed by atoms with Crippen LogP contribution in [0.25, 0.3) is 0 Å². The van der Waals surface area contributed by atoms with Crippen LogP contribution < -0.4 is 4.72 Å². The number of aliphatic carboxylic acids is 1. The van der Waals surface area contributed by atoms with Crippen LogP contribution in [0.3, 0.4) is 0 Å². The average molecular weight is 313 g/mol. The average Bonchev–Trinajstić information content (AvgIpc) is 2.38. The van der Waals surface area contributed by atoms with Gasteiger partial charge in [-0.15, -0.1) is 0 Å². The Morgan fingerprint density at radius 1 is 1.33 bits per heavy atom. The summed E-state index contributed by atoms with van der Waals surface area (Å²) >= 11 is 0. The highest BCUT2D eigenvalue weighted by molar-refractivity contribution is 7.89. The lowest BCUT2D eigenvalue weighted by atomic mass is 9.98. The second-order valence-corrected chi connectivity index (χ2v) is 7.15. The van der Waals surface area contributed by atoms with E-state index < -0.39 is 22.0 Å². The number of sulfonamides is 1. The molecule has 0 aliphatic carbocycles. The topological polar surface area (TPSA) is 83.5 Å². The van der Waals surface area contributed by atoms with Crippen molar-refractivity contribution in [1.29, 1.82) is 0 Å². The fraction of sp³-hybridized carbons (Fsp3) is 0.533. The normalized spacial score (nSPS) is 14.7. The second-order valence-electron chi connectivity index (χ2n) is 5.47. The van der Waals surface area contributed by atoms with Gasteiger partial charge in [-0.25, -0.2) is 8.42 Å². The molecule has 0 bridgehead atoms. The van der Waals surface area contributed by atoms with Crippen molar-refractivity contribution in [2.24, 2.45) is 5.92 Å². The summed E-state index contributed by atoms with van der Waals surface area (Å²) in [5.74, 6) is -1.42. The van der Waals surface area contributed by atoms with E-state index in [1.165, 1.54) is 0 Å². The first kappa shape index (κ1) is 17.7. The molecule has 1 rings (SSSR count). The second kappa shape index (κ2) is 7.04. The largest absolute Gasteiger partial charge is 0.480 e. The lowest BCUT2D eigenvalue weighted by molar-refractivity contribution is -0.140. The van der Waals surface area contributed by atoms with Gasteiger partial charge in [0, 0.05) is 0 Å². The molecule has 0 spiro atoms. The monoisotopic (exact) mass is 313 g/mol. The number of rotatable bonds is 7. The van der Waals surface area contributed by atoms with Crippen LogP contribution in [0.5, 0.6) is 0 Å². The van der Waals surface area contributed by atoms with Gasteiger partial charge in [0.05, 0.1) is 4.90 Å². The van der Waals surface area contributed by atoms with E-state index in [0.717, 1.165) is 12.0 Å². The molecule has 0 saturated heterocycles. The van der Waals surface area contributed by atoms with Crippen molar-refractivity contribution >= 4 is 16.0 Å². The van der Waals surface area contributed by atoms with Gasteiger partial charge in [-0.1, -0.05) is 32.4 Å². The third-order valence-electron chi connectivity index (χ3n) is 3.49. The molecule has 0 radical (unpaired) electrons. The summed E-state index contributed by atoms with van der Waals surface area (Å²) in [6.45, 7) is 7.18. The number of aryl methyl sites for hydroxylation is 2. The Bertz CT molecular complexity index is 610. The molecule has 0 aliphatic rings. The first-order chi connectivity index (χ1) is 9.69. The summed E-state index contributed by atoms with van der Waals surface area (Å²) in [7, 11) is -3.85. The minimum Gasteiger partial charge on any atom is -0.480 e. The van der Waals surface area contributed by atoms with Crippen LogP contribution in [-0.4, -0.2) is 25.5 Å². The highest BCUT2D eigenvalue weighted by atomic mass is 32.2. The number of nitrogens with one attached hydrogen (secondary N) is 1. The summed E-state index contributed by atoms with van der Waals surface area (Å²) < 4.78 is 27.2. The number of hydrogen-bond donors (Lipinski definition) is 2. The Kier molecular flexibility index (Phi) is 5.92. The van der Waals surface area contributed by atoms with Crippen LogP contribution in [0.4, 0.5) is 0 Å². The van der Waals surface area contributed by atoms with Crippen LogP contribution in [0.15, 0.2) is 23.1 Å². The standard InChI is InChI=1S/C15H23NO4S/c1-5-6-12(4)14(15(17)18)16-21(19,20)13-9-10(2)7-8-11(13)3/h7-9,12,14,16H,5-6H2,1-4H3,(H,17,18). The van der Waals surface area contributed by atoms with E-state index in [0.29, 0.717) is 12.0 Å². The maximum Gasteiger partial charge on any atom is 0.322 e. The Morgan fingerprint density at radius 3 is 2.48 bits per heavy atom. The van der Waals surface area contributed by atoms with Gasteiger partial charge in [0.25, 0.3) is 0 Å². The van der Waals surface area contributed by atoms with Gasteiger partial charge >= 0.3 is 5.97 Å². The Morgan fingerprint density at radius 2 is 1.95 bits per heavy atom. The molecule has 0 amide bonds. The molecule has 1 aromatic carbocycles. The summed E-state index contributed by atoms with van der Waals surface area (Å²) in [5.41, 5.74) is 1.41. The molecule has 118 valence electrons. The number of carboxylic acids is 1. The van der Waals surface area contributed by atoms with Crippen LogP contribution in [0, 0.1) is 19.8 Å². The predicted octanol–water partition coefficient (Wildman–Crippen LogP) is 2.47. The third kappa shape index (κ3) is 4.54. The highest BCUT2D eigenvalue weighted by Crippen LogP contribution is 2.19. The van der Waals surface area contributed by atoms with Gasteiger partial charge in [0.2, 0.25) is 10.0 Å². The first-order valence-corrected chi connectivity index (χ1v) is 8.49. The minimum atomic E-state index is -3.85. The minimum absolute atomic E-state index is 0.137. The van der Waals surface area contributed by atoms with Gasteiger partial charge in [-0.2, -0.15) is 4.72 Å². The summed E-state index contributed by atoms with van der Waals surface area (Å²) in [6, 6.07) is 3.98. The van der Waals surface area contributed by atoms with E-state index in [4.69, 9.17) is 0 Å². The molecule has 0 aliphatic heterocycles. The van der Waals surface area contributed by atoms with Gasteiger partial charge in [-0.3, -0.25) is 4.79 Å². The maximum atomic E-state index is 12.5. The van der Waals surface area contributed by atoms with Gasteiger partial charge in [0.1, 0.15) is 6.04 Å². The Hall–Kier alpha value is -1.40. The number of carboxylic acid groups (broad SMARTS) is 1. The number of benzene rings is 1. The van der Waals surface area contributed by atoms with Crippen molar-refractivity contribution < 1.29 is 18.3 Å². The Labute approximate surface area is 126 Å². The molecule has 2 atom stereocenters. The molecule has 2 unspecified atom stereocenters. The maximum absolute atomic E-state index is 12.5. The quantitative estimate of drug-likeness (QED) is 0.810. The fourth-order valence-corrected chi connectivity index (χ4v) is 3.89. The van der Waals surface area contributed by atoms with Crippen molar-refractivity contribution in [2.45, 2.75) is 51.5 Å². The van der Waals surface area contributed by atoms with Crippen molar-refractivity contribution in [3.63, 3.8) is 0 Å². The van der Waals surface area contributed by atoms with Crippen LogP contribution in [0.2, 0.25) is 0 Å². The molecular formula is C15H23NO4S. The van der Waals surface area contributed by atoms with Crippen LogP contribution in [-0.2, 0) is 14.8 Å². The molecule has 0 fully saturated rings. The van der Waals surface area contributed by atoms with E-state index >= 15 is 0 Å². The zero-order valence-electron chi connectivity index (χ0n) is 12.9. The van der Waals surface area contributed by atoms with E-state index in [1.54, 1.807) is 32.9 Å². The molecule has 0 heterocycles. The van der Waals surface area contributed by atoms with E-state index in [1.807, 2.05) is 13.0 Å². The zero-order valence-corrected chi connectivity index (χ0v) is 13.7. The third-order valence-corrected chi connectivity index (χ3v) is 5.08. The van der Waals surface area contributed by atoms with Gasteiger partial charge in [-0.05, 0) is 43.4 Å². The molecule has 1 aromatic rings. The lowest BCUT2D eigenvalue weighted by Crippen LogP contribution is -2.45. The SMILES string of the molecule is CCCC(C)C(NS(=O)(=O)c1cc(C)ccc1C)C(=O)O. The van der Waals surface area contributed by atoms with Crippen molar-refractivity contribution in [1.82, 2.24) is 4.72 Å². The molecular weight excluding hydrogens is 290 g/mol. The van der Waals surface area contributed by atoms with Crippen molar-refractivity contribution in [3.05, 3.63) is 29.3 Å². The van der Waals surface area contributed by atoms with E-state index in [9.17, 15) is 18.3 Å². The first-order valence-electron chi connectivity index (χ1n) is 7.01. The Balaban J connectivity index is 3.12. The van der Waals surface area contributed by atoms with Crippen LogP contribution >= 0.6 is 0 Å².